The number of nitrogens with zero attached hydrogens (tertiary/aromatic N) is 2. The van der Waals surface area contributed by atoms with Gasteiger partial charge in [-0.05, 0) is 93.9 Å². The van der Waals surface area contributed by atoms with E-state index < -0.39 is 107 Å². The molecular formula is C48H32N2. The molecule has 0 bridgehead atoms. The van der Waals surface area contributed by atoms with Crippen molar-refractivity contribution in [2.45, 2.75) is 0 Å². The van der Waals surface area contributed by atoms with E-state index in [1.54, 1.807) is 6.07 Å². The molecule has 0 amide bonds. The van der Waals surface area contributed by atoms with Crippen molar-refractivity contribution < 1.29 is 21.9 Å². The van der Waals surface area contributed by atoms with Gasteiger partial charge in [0.25, 0.3) is 0 Å². The lowest BCUT2D eigenvalue weighted by Crippen LogP contribution is -1.94. The lowest BCUT2D eigenvalue weighted by atomic mass is 10.0. The Kier molecular flexibility index (Phi) is 3.83. The first-order valence-corrected chi connectivity index (χ1v) is 15.9. The van der Waals surface area contributed by atoms with Crippen molar-refractivity contribution in [1.29, 1.82) is 0 Å². The lowest BCUT2D eigenvalue weighted by molar-refractivity contribution is 1.18. The van der Waals surface area contributed by atoms with Gasteiger partial charge in [0.1, 0.15) is 0 Å². The van der Waals surface area contributed by atoms with E-state index in [1.807, 2.05) is 91.0 Å². The molecule has 50 heavy (non-hydrogen) atoms. The summed E-state index contributed by atoms with van der Waals surface area (Å²) in [7, 11) is 0. The van der Waals surface area contributed by atoms with Crippen LogP contribution in [-0.2, 0) is 0 Å². The number of fused-ring (bicyclic) bond motifs is 6. The molecule has 0 aliphatic heterocycles. The van der Waals surface area contributed by atoms with Gasteiger partial charge in [0, 0.05) is 32.9 Å². The Balaban J connectivity index is 1.24. The maximum Gasteiger partial charge on any atom is 0.0645 e. The van der Waals surface area contributed by atoms with Crippen LogP contribution in [0.1, 0.15) is 21.9 Å². The minimum absolute atomic E-state index is 0.0269. The Labute approximate surface area is 313 Å². The molecule has 2 nitrogen and oxygen atoms in total. The highest BCUT2D eigenvalue weighted by Crippen LogP contribution is 2.38. The van der Waals surface area contributed by atoms with Gasteiger partial charge in [0.05, 0.1) is 44.0 Å². The minimum Gasteiger partial charge on any atom is -0.309 e. The summed E-state index contributed by atoms with van der Waals surface area (Å²) >= 11 is 0. The third-order valence-corrected chi connectivity index (χ3v) is 8.94. The van der Waals surface area contributed by atoms with Crippen LogP contribution in [0.5, 0.6) is 0 Å². The molecule has 10 aromatic rings. The highest BCUT2D eigenvalue weighted by atomic mass is 15.0. The molecular weight excluding hydrogens is 605 g/mol. The van der Waals surface area contributed by atoms with E-state index in [1.165, 1.54) is 0 Å². The first-order valence-electron chi connectivity index (χ1n) is 23.9. The van der Waals surface area contributed by atoms with Crippen LogP contribution in [0, 0.1) is 0 Å². The largest absolute Gasteiger partial charge is 0.309 e. The highest BCUT2D eigenvalue weighted by Gasteiger charge is 2.16. The van der Waals surface area contributed by atoms with E-state index in [0.29, 0.717) is 5.56 Å². The Morgan fingerprint density at radius 1 is 0.320 bits per heavy atom. The van der Waals surface area contributed by atoms with Gasteiger partial charge in [-0.15, -0.1) is 0 Å². The molecule has 8 aromatic carbocycles. The predicted octanol–water partition coefficient (Wildman–Crippen LogP) is 12.9. The summed E-state index contributed by atoms with van der Waals surface area (Å²) in [4.78, 5) is 0. The summed E-state index contributed by atoms with van der Waals surface area (Å²) in [6.07, 6.45) is 0. The first-order chi connectivity index (χ1) is 31.5. The smallest absolute Gasteiger partial charge is 0.0645 e. The highest BCUT2D eigenvalue weighted by molar-refractivity contribution is 6.12. The summed E-state index contributed by atoms with van der Waals surface area (Å²) in [5, 5.41) is 1.19. The van der Waals surface area contributed by atoms with Gasteiger partial charge in [-0.1, -0.05) is 133 Å². The van der Waals surface area contributed by atoms with Gasteiger partial charge < -0.3 is 9.13 Å². The van der Waals surface area contributed by atoms with Crippen LogP contribution in [0.4, 0.5) is 0 Å². The van der Waals surface area contributed by atoms with Crippen LogP contribution in [-0.4, -0.2) is 9.13 Å². The molecule has 0 saturated carbocycles. The SMILES string of the molecule is [2H]c1c([2H])c([2H])c(-c2c([2H])c([2H])c(-n3c4c([2H])c([2H])c([2H])c([2H])c4c4c([2H])c(-c5ccc6c(c5)c5ccccc5n6-c5ccc(-c6ccccc6)cc5)c([2H])c([2H])c43)c([2H])c2[2H])c([2H])c1[2H]. The molecule has 0 saturated heterocycles. The number of hydrogen-bond donors (Lipinski definition) is 0. The van der Waals surface area contributed by atoms with Crippen molar-refractivity contribution in [3.8, 4) is 44.8 Å². The molecule has 0 fully saturated rings. The quantitative estimate of drug-likeness (QED) is 0.175. The minimum atomic E-state index is -0.833. The fraction of sp³-hybridized carbons (Fsp3) is 0. The molecule has 10 rings (SSSR count). The monoisotopic (exact) mass is 652 g/mol. The summed E-state index contributed by atoms with van der Waals surface area (Å²) in [6, 6.07) is 20.2. The standard InChI is InChI=1S/C48H32N2/c1-3-11-33(12-4-1)35-19-25-39(26-20-35)49-45-17-9-7-15-41(45)43-31-37(23-29-47(43)49)38-24-30-48-44(32-38)42-16-8-10-18-46(42)50(48)40-27-21-36(22-28-40)34-13-5-2-6-14-34/h1-32H/i1D,3D,4D,7D,9D,11D,12D,15D,17D,19D,20D,23D,25D,26D,29D,31D. The van der Waals surface area contributed by atoms with Crippen LogP contribution in [0.3, 0.4) is 0 Å². The van der Waals surface area contributed by atoms with Gasteiger partial charge in [-0.25, -0.2) is 0 Å². The molecule has 0 aliphatic carbocycles. The van der Waals surface area contributed by atoms with Crippen molar-refractivity contribution in [1.82, 2.24) is 9.13 Å². The average Bonchev–Trinajstić information content (AvgIpc) is 3.85. The Morgan fingerprint density at radius 2 is 0.940 bits per heavy atom. The van der Waals surface area contributed by atoms with Crippen LogP contribution in [0.15, 0.2) is 194 Å². The zero-order chi connectivity index (χ0) is 46.9. The first kappa shape index (κ1) is 16.6. The molecule has 0 spiro atoms. The number of benzene rings is 8. The molecule has 2 heteroatoms. The van der Waals surface area contributed by atoms with Gasteiger partial charge in [0.15, 0.2) is 0 Å². The van der Waals surface area contributed by atoms with Crippen LogP contribution in [0.25, 0.3) is 88.4 Å². The Hall–Kier alpha value is -6.64. The van der Waals surface area contributed by atoms with Crippen molar-refractivity contribution in [3.05, 3.63) is 194 Å². The maximum absolute atomic E-state index is 9.77. The molecule has 234 valence electrons. The second-order valence-electron chi connectivity index (χ2n) is 11.8. The van der Waals surface area contributed by atoms with E-state index in [9.17, 15) is 6.85 Å². The molecule has 0 unspecified atom stereocenters. The van der Waals surface area contributed by atoms with Crippen molar-refractivity contribution in [3.63, 3.8) is 0 Å². The zero-order valence-corrected chi connectivity index (χ0v) is 26.1. The average molecular weight is 653 g/mol. The third kappa shape index (κ3) is 4.57. The van der Waals surface area contributed by atoms with Crippen LogP contribution < -0.4 is 0 Å². The molecule has 0 atom stereocenters. The molecule has 2 heterocycles. The number of aromatic nitrogens is 2. The van der Waals surface area contributed by atoms with Crippen molar-refractivity contribution in [2.75, 3.05) is 0 Å². The van der Waals surface area contributed by atoms with E-state index in [2.05, 4.69) is 4.57 Å². The normalized spacial score (nSPS) is 16.1. The van der Waals surface area contributed by atoms with E-state index >= 15 is 0 Å². The summed E-state index contributed by atoms with van der Waals surface area (Å²) in [5.41, 5.74) is 2.56. The summed E-state index contributed by atoms with van der Waals surface area (Å²) in [6.45, 7) is 0. The fourth-order valence-corrected chi connectivity index (χ4v) is 6.64. The predicted molar refractivity (Wildman–Crippen MR) is 211 cm³/mol. The van der Waals surface area contributed by atoms with E-state index in [0.717, 1.165) is 43.2 Å². The van der Waals surface area contributed by atoms with Crippen LogP contribution >= 0.6 is 0 Å². The topological polar surface area (TPSA) is 9.86 Å². The van der Waals surface area contributed by atoms with Crippen molar-refractivity contribution in [2.24, 2.45) is 0 Å². The van der Waals surface area contributed by atoms with Gasteiger partial charge in [-0.3, -0.25) is 0 Å². The molecule has 0 radical (unpaired) electrons. The van der Waals surface area contributed by atoms with Gasteiger partial charge in [-0.2, -0.15) is 0 Å². The molecule has 0 N–H and O–H groups in total. The van der Waals surface area contributed by atoms with Gasteiger partial charge >= 0.3 is 0 Å². The summed E-state index contributed by atoms with van der Waals surface area (Å²) < 4.78 is 145. The Bertz CT molecular complexity index is 3710. The zero-order valence-electron chi connectivity index (χ0n) is 42.1. The molecule has 0 aliphatic rings. The molecule has 2 aromatic heterocycles. The fourth-order valence-electron chi connectivity index (χ4n) is 6.64. The van der Waals surface area contributed by atoms with E-state index in [4.69, 9.17) is 15.1 Å². The number of rotatable bonds is 5. The third-order valence-electron chi connectivity index (χ3n) is 8.94. The maximum atomic E-state index is 9.77. The second kappa shape index (κ2) is 11.5. The van der Waals surface area contributed by atoms with Crippen molar-refractivity contribution >= 4 is 43.6 Å². The second-order valence-corrected chi connectivity index (χ2v) is 11.8. The number of hydrogen-bond acceptors (Lipinski definition) is 0. The summed E-state index contributed by atoms with van der Waals surface area (Å²) in [5.74, 6) is 0. The lowest BCUT2D eigenvalue weighted by Gasteiger charge is -2.11. The number of para-hydroxylation sites is 2. The van der Waals surface area contributed by atoms with Crippen LogP contribution in [0.2, 0.25) is 0 Å². The Morgan fingerprint density at radius 3 is 1.78 bits per heavy atom. The van der Waals surface area contributed by atoms with Gasteiger partial charge in [0.2, 0.25) is 0 Å². The van der Waals surface area contributed by atoms with E-state index in [-0.39, 0.29) is 33.4 Å².